The average Bonchev–Trinajstić information content (AvgIpc) is 2.97. The first-order valence-electron chi connectivity index (χ1n) is 8.60. The van der Waals surface area contributed by atoms with Crippen LogP contribution in [0.15, 0.2) is 53.7 Å². The number of aromatic amines is 1. The lowest BCUT2D eigenvalue weighted by Gasteiger charge is -2.07. The highest BCUT2D eigenvalue weighted by Crippen LogP contribution is 2.20. The molecule has 4 nitrogen and oxygen atoms in total. The van der Waals surface area contributed by atoms with Crippen molar-refractivity contribution in [2.45, 2.75) is 32.3 Å². The minimum Gasteiger partial charge on any atom is -0.337 e. The van der Waals surface area contributed by atoms with Gasteiger partial charge in [0.25, 0.3) is 0 Å². The summed E-state index contributed by atoms with van der Waals surface area (Å²) in [5, 5.41) is 3.72. The van der Waals surface area contributed by atoms with E-state index in [0.29, 0.717) is 5.75 Å². The molecule has 26 heavy (non-hydrogen) atoms. The van der Waals surface area contributed by atoms with Gasteiger partial charge in [-0.3, -0.25) is 4.79 Å². The molecule has 3 rings (SSSR count). The summed E-state index contributed by atoms with van der Waals surface area (Å²) >= 11 is 1.42. The number of rotatable bonds is 6. The zero-order valence-corrected chi connectivity index (χ0v) is 16.1. The van der Waals surface area contributed by atoms with E-state index in [2.05, 4.69) is 34.3 Å². The molecule has 0 radical (unpaired) electrons. The van der Waals surface area contributed by atoms with E-state index in [9.17, 15) is 4.79 Å². The van der Waals surface area contributed by atoms with Gasteiger partial charge in [-0.1, -0.05) is 48.2 Å². The maximum atomic E-state index is 12.2. The molecular weight excluding hydrogens is 342 g/mol. The number of nitrogens with zero attached hydrogens (tertiary/aromatic N) is 1. The Kier molecular flexibility index (Phi) is 5.78. The van der Waals surface area contributed by atoms with Crippen LogP contribution in [0.4, 0.5) is 5.69 Å². The van der Waals surface area contributed by atoms with Gasteiger partial charge in [0, 0.05) is 17.8 Å². The Balaban J connectivity index is 1.56. The van der Waals surface area contributed by atoms with Gasteiger partial charge in [0.05, 0.1) is 11.4 Å². The van der Waals surface area contributed by atoms with Crippen LogP contribution in [0.5, 0.6) is 0 Å². The smallest absolute Gasteiger partial charge is 0.234 e. The number of benzene rings is 2. The van der Waals surface area contributed by atoms with Gasteiger partial charge in [-0.15, -0.1) is 0 Å². The summed E-state index contributed by atoms with van der Waals surface area (Å²) in [6.45, 7) is 6.12. The van der Waals surface area contributed by atoms with E-state index in [1.165, 1.54) is 28.5 Å². The Bertz CT molecular complexity index is 903. The normalized spacial score (nSPS) is 10.7. The van der Waals surface area contributed by atoms with Gasteiger partial charge in [-0.05, 0) is 49.6 Å². The van der Waals surface area contributed by atoms with E-state index in [4.69, 9.17) is 0 Å². The fourth-order valence-corrected chi connectivity index (χ4v) is 3.39. The fraction of sp³-hybridized carbons (Fsp3) is 0.238. The number of hydrogen-bond donors (Lipinski definition) is 2. The third-order valence-electron chi connectivity index (χ3n) is 4.31. The monoisotopic (exact) mass is 365 g/mol. The molecule has 0 saturated heterocycles. The third kappa shape index (κ3) is 4.76. The number of anilines is 1. The number of carbonyl (C=O) groups is 1. The van der Waals surface area contributed by atoms with Crippen LogP contribution in [-0.2, 0) is 11.2 Å². The van der Waals surface area contributed by atoms with Crippen molar-refractivity contribution >= 4 is 23.4 Å². The first kappa shape index (κ1) is 18.3. The first-order chi connectivity index (χ1) is 12.5. The number of aromatic nitrogens is 2. The fourth-order valence-electron chi connectivity index (χ4n) is 2.65. The maximum absolute atomic E-state index is 12.2. The number of thioether (sulfide) groups is 1. The molecule has 134 valence electrons. The lowest BCUT2D eigenvalue weighted by molar-refractivity contribution is -0.113. The van der Waals surface area contributed by atoms with Crippen LogP contribution in [0.3, 0.4) is 0 Å². The topological polar surface area (TPSA) is 57.8 Å². The molecule has 5 heteroatoms. The Labute approximate surface area is 158 Å². The molecule has 0 fully saturated rings. The Hall–Kier alpha value is -2.53. The van der Waals surface area contributed by atoms with Crippen molar-refractivity contribution in [1.29, 1.82) is 0 Å². The van der Waals surface area contributed by atoms with Gasteiger partial charge in [0.15, 0.2) is 5.16 Å². The van der Waals surface area contributed by atoms with Crippen molar-refractivity contribution in [2.75, 3.05) is 11.1 Å². The molecule has 1 amide bonds. The van der Waals surface area contributed by atoms with E-state index in [-0.39, 0.29) is 5.91 Å². The lowest BCUT2D eigenvalue weighted by atomic mass is 10.1. The van der Waals surface area contributed by atoms with E-state index >= 15 is 0 Å². The summed E-state index contributed by atoms with van der Waals surface area (Å²) in [6, 6.07) is 16.2. The summed E-state index contributed by atoms with van der Waals surface area (Å²) < 4.78 is 0. The largest absolute Gasteiger partial charge is 0.337 e. The second kappa shape index (κ2) is 8.23. The first-order valence-corrected chi connectivity index (χ1v) is 9.59. The third-order valence-corrected chi connectivity index (χ3v) is 5.18. The molecule has 3 aromatic rings. The maximum Gasteiger partial charge on any atom is 0.234 e. The molecule has 2 aromatic carbocycles. The minimum absolute atomic E-state index is 0.0306. The van der Waals surface area contributed by atoms with Crippen LogP contribution in [0.1, 0.15) is 28.1 Å². The van der Waals surface area contributed by atoms with Crippen molar-refractivity contribution in [1.82, 2.24) is 9.97 Å². The zero-order valence-electron chi connectivity index (χ0n) is 15.3. The molecule has 0 aliphatic rings. The number of hydrogen-bond acceptors (Lipinski definition) is 3. The van der Waals surface area contributed by atoms with E-state index < -0.39 is 0 Å². The van der Waals surface area contributed by atoms with Crippen LogP contribution in [-0.4, -0.2) is 21.6 Å². The van der Waals surface area contributed by atoms with Gasteiger partial charge in [0.2, 0.25) is 5.91 Å². The van der Waals surface area contributed by atoms with Gasteiger partial charge >= 0.3 is 0 Å². The Morgan fingerprint density at radius 1 is 1.08 bits per heavy atom. The lowest BCUT2D eigenvalue weighted by Crippen LogP contribution is -2.14. The van der Waals surface area contributed by atoms with Gasteiger partial charge in [-0.2, -0.15) is 0 Å². The van der Waals surface area contributed by atoms with Crippen LogP contribution in [0.2, 0.25) is 0 Å². The van der Waals surface area contributed by atoms with Crippen molar-refractivity contribution < 1.29 is 4.79 Å². The predicted molar refractivity (Wildman–Crippen MR) is 108 cm³/mol. The number of H-pyrrole nitrogens is 1. The quantitative estimate of drug-likeness (QED) is 0.625. The summed E-state index contributed by atoms with van der Waals surface area (Å²) in [4.78, 5) is 20.1. The molecule has 0 unspecified atom stereocenters. The highest BCUT2D eigenvalue weighted by atomic mass is 32.2. The van der Waals surface area contributed by atoms with Gasteiger partial charge in [-0.25, -0.2) is 4.98 Å². The van der Waals surface area contributed by atoms with Crippen molar-refractivity contribution in [3.8, 4) is 0 Å². The average molecular weight is 366 g/mol. The molecule has 1 aromatic heterocycles. The van der Waals surface area contributed by atoms with Crippen molar-refractivity contribution in [3.63, 3.8) is 0 Å². The molecule has 0 saturated carbocycles. The SMILES string of the molecule is Cc1ccc(NC(=O)CSc2nc(Cc3ccccc3)c(C)[nH]2)cc1C. The molecule has 0 spiro atoms. The molecule has 0 atom stereocenters. The zero-order chi connectivity index (χ0) is 18.5. The van der Waals surface area contributed by atoms with E-state index in [1.54, 1.807) is 0 Å². The van der Waals surface area contributed by atoms with Gasteiger partial charge in [0.1, 0.15) is 0 Å². The summed E-state index contributed by atoms with van der Waals surface area (Å²) in [5.41, 5.74) is 6.52. The summed E-state index contributed by atoms with van der Waals surface area (Å²) in [7, 11) is 0. The number of nitrogens with one attached hydrogen (secondary N) is 2. The number of aryl methyl sites for hydroxylation is 3. The highest BCUT2D eigenvalue weighted by molar-refractivity contribution is 7.99. The summed E-state index contributed by atoms with van der Waals surface area (Å²) in [5.74, 6) is 0.293. The second-order valence-corrected chi connectivity index (χ2v) is 7.38. The molecule has 1 heterocycles. The highest BCUT2D eigenvalue weighted by Gasteiger charge is 2.10. The van der Waals surface area contributed by atoms with E-state index in [0.717, 1.165) is 28.7 Å². The minimum atomic E-state index is -0.0306. The predicted octanol–water partition coefficient (Wildman–Crippen LogP) is 4.66. The number of amides is 1. The Morgan fingerprint density at radius 2 is 1.85 bits per heavy atom. The van der Waals surface area contributed by atoms with Crippen LogP contribution in [0.25, 0.3) is 0 Å². The van der Waals surface area contributed by atoms with Gasteiger partial charge < -0.3 is 10.3 Å². The molecule has 2 N–H and O–H groups in total. The van der Waals surface area contributed by atoms with Crippen molar-refractivity contribution in [2.24, 2.45) is 0 Å². The second-order valence-electron chi connectivity index (χ2n) is 6.41. The van der Waals surface area contributed by atoms with Crippen LogP contribution >= 0.6 is 11.8 Å². The van der Waals surface area contributed by atoms with Crippen LogP contribution < -0.4 is 5.32 Å². The van der Waals surface area contributed by atoms with Crippen LogP contribution in [0, 0.1) is 20.8 Å². The van der Waals surface area contributed by atoms with E-state index in [1.807, 2.05) is 50.2 Å². The number of imidazole rings is 1. The molecule has 0 aliphatic heterocycles. The van der Waals surface area contributed by atoms with Crippen molar-refractivity contribution in [3.05, 3.63) is 76.6 Å². The molecule has 0 bridgehead atoms. The molecule has 0 aliphatic carbocycles. The Morgan fingerprint density at radius 3 is 2.58 bits per heavy atom. The molecular formula is C21H23N3OS. The summed E-state index contributed by atoms with van der Waals surface area (Å²) in [6.07, 6.45) is 0.790. The number of carbonyl (C=O) groups excluding carboxylic acids is 1. The standard InChI is InChI=1S/C21H23N3OS/c1-14-9-10-18(11-15(14)2)23-20(25)13-26-21-22-16(3)19(24-21)12-17-7-5-4-6-8-17/h4-11H,12-13H2,1-3H3,(H,22,24)(H,23,25).